The molecule has 0 bridgehead atoms. The van der Waals surface area contributed by atoms with Crippen LogP contribution in [-0.2, 0) is 16.1 Å². The minimum absolute atomic E-state index is 0.234. The van der Waals surface area contributed by atoms with Crippen LogP contribution in [0.4, 0.5) is 0 Å². The molecular formula is C20H21N5O5. The highest BCUT2D eigenvalue weighted by Gasteiger charge is 2.35. The Hall–Kier alpha value is -3.82. The second kappa shape index (κ2) is 7.90. The summed E-state index contributed by atoms with van der Waals surface area (Å²) in [5.41, 5.74) is 2.13. The highest BCUT2D eigenvalue weighted by Crippen LogP contribution is 2.41. The number of hydrogen-bond acceptors (Lipinski definition) is 8. The van der Waals surface area contributed by atoms with Crippen molar-refractivity contribution in [1.29, 1.82) is 0 Å². The molecule has 0 fully saturated rings. The predicted octanol–water partition coefficient (Wildman–Crippen LogP) is 2.02. The number of para-hydroxylation sites is 1. The van der Waals surface area contributed by atoms with Crippen LogP contribution in [-0.4, -0.2) is 59.4 Å². The van der Waals surface area contributed by atoms with Gasteiger partial charge in [-0.2, -0.15) is 5.01 Å². The molecular weight excluding hydrogens is 390 g/mol. The fraction of sp³-hybridized carbons (Fsp3) is 0.300. The van der Waals surface area contributed by atoms with E-state index in [0.717, 1.165) is 11.0 Å². The van der Waals surface area contributed by atoms with Gasteiger partial charge >= 0.3 is 0 Å². The molecule has 1 aliphatic heterocycles. The minimum atomic E-state index is -0.694. The van der Waals surface area contributed by atoms with Crippen LogP contribution in [0.5, 0.6) is 17.2 Å². The Morgan fingerprint density at radius 1 is 1.07 bits per heavy atom. The van der Waals surface area contributed by atoms with Crippen LogP contribution in [0.25, 0.3) is 11.0 Å². The maximum atomic E-state index is 12.2. The van der Waals surface area contributed by atoms with E-state index in [1.54, 1.807) is 16.8 Å². The lowest BCUT2D eigenvalue weighted by molar-refractivity contribution is -0.135. The third kappa shape index (κ3) is 3.25. The number of hydrogen-bond donors (Lipinski definition) is 0. The third-order valence-corrected chi connectivity index (χ3v) is 4.73. The van der Waals surface area contributed by atoms with Crippen LogP contribution in [0, 0.1) is 0 Å². The van der Waals surface area contributed by atoms with Crippen molar-refractivity contribution in [1.82, 2.24) is 20.0 Å². The van der Waals surface area contributed by atoms with Gasteiger partial charge in [0, 0.05) is 6.92 Å². The number of methoxy groups -OCH3 is 3. The number of carbonyl (C=O) groups is 1. The maximum absolute atomic E-state index is 12.2. The van der Waals surface area contributed by atoms with Gasteiger partial charge in [-0.1, -0.05) is 17.3 Å². The summed E-state index contributed by atoms with van der Waals surface area (Å²) in [4.78, 5) is 12.2. The summed E-state index contributed by atoms with van der Waals surface area (Å²) in [6.45, 7) is 1.68. The molecule has 1 atom stereocenters. The van der Waals surface area contributed by atoms with Crippen molar-refractivity contribution in [2.45, 2.75) is 19.7 Å². The molecule has 3 aromatic rings. The van der Waals surface area contributed by atoms with Gasteiger partial charge in [0.2, 0.25) is 23.8 Å². The van der Waals surface area contributed by atoms with Crippen molar-refractivity contribution in [3.63, 3.8) is 0 Å². The summed E-state index contributed by atoms with van der Waals surface area (Å²) in [5, 5.41) is 14.0. The molecule has 0 saturated heterocycles. The van der Waals surface area contributed by atoms with E-state index < -0.39 is 6.23 Å². The van der Waals surface area contributed by atoms with E-state index >= 15 is 0 Å². The van der Waals surface area contributed by atoms with Gasteiger partial charge in [-0.05, 0) is 24.3 Å². The SMILES string of the molecule is COc1ccc(C2=NN(C(C)=O)[C@H](Cn3nnc4ccccc43)O2)c(OC)c1OC. The summed E-state index contributed by atoms with van der Waals surface area (Å²) in [6, 6.07) is 11.0. The summed E-state index contributed by atoms with van der Waals surface area (Å²) in [5.74, 6) is 1.27. The number of nitrogens with zero attached hydrogens (tertiary/aromatic N) is 5. The van der Waals surface area contributed by atoms with Crippen LogP contribution in [0.15, 0.2) is 41.5 Å². The van der Waals surface area contributed by atoms with E-state index in [1.807, 2.05) is 24.3 Å². The number of benzene rings is 2. The first-order chi connectivity index (χ1) is 14.6. The van der Waals surface area contributed by atoms with Crippen molar-refractivity contribution in [2.24, 2.45) is 5.10 Å². The second-order valence-electron chi connectivity index (χ2n) is 6.48. The van der Waals surface area contributed by atoms with Gasteiger partial charge in [0.05, 0.1) is 32.4 Å². The fourth-order valence-electron chi connectivity index (χ4n) is 3.34. The predicted molar refractivity (Wildman–Crippen MR) is 108 cm³/mol. The third-order valence-electron chi connectivity index (χ3n) is 4.73. The summed E-state index contributed by atoms with van der Waals surface area (Å²) in [7, 11) is 4.57. The van der Waals surface area contributed by atoms with Gasteiger partial charge in [-0.3, -0.25) is 4.79 Å². The molecule has 1 aliphatic rings. The van der Waals surface area contributed by atoms with E-state index in [9.17, 15) is 4.79 Å². The Balaban J connectivity index is 1.68. The molecule has 0 N–H and O–H groups in total. The largest absolute Gasteiger partial charge is 0.493 e. The monoisotopic (exact) mass is 411 g/mol. The van der Waals surface area contributed by atoms with Gasteiger partial charge in [-0.15, -0.1) is 10.2 Å². The molecule has 0 spiro atoms. The zero-order chi connectivity index (χ0) is 21.3. The zero-order valence-electron chi connectivity index (χ0n) is 17.0. The van der Waals surface area contributed by atoms with Crippen molar-refractivity contribution in [3.05, 3.63) is 42.0 Å². The Bertz CT molecular complexity index is 1130. The smallest absolute Gasteiger partial charge is 0.244 e. The van der Waals surface area contributed by atoms with Crippen LogP contribution < -0.4 is 14.2 Å². The molecule has 0 saturated carbocycles. The van der Waals surface area contributed by atoms with E-state index in [2.05, 4.69) is 15.4 Å². The first-order valence-electron chi connectivity index (χ1n) is 9.20. The lowest BCUT2D eigenvalue weighted by Crippen LogP contribution is -2.35. The minimum Gasteiger partial charge on any atom is -0.493 e. The van der Waals surface area contributed by atoms with Gasteiger partial charge in [0.25, 0.3) is 0 Å². The normalized spacial score (nSPS) is 15.7. The van der Waals surface area contributed by atoms with Gasteiger partial charge in [-0.25, -0.2) is 4.68 Å². The van der Waals surface area contributed by atoms with Crippen LogP contribution >= 0.6 is 0 Å². The number of rotatable bonds is 6. The van der Waals surface area contributed by atoms with Crippen molar-refractivity contribution in [2.75, 3.05) is 21.3 Å². The average Bonchev–Trinajstić information content (AvgIpc) is 3.37. The maximum Gasteiger partial charge on any atom is 0.244 e. The van der Waals surface area contributed by atoms with E-state index in [1.165, 1.54) is 33.3 Å². The van der Waals surface area contributed by atoms with Crippen LogP contribution in [0.3, 0.4) is 0 Å². The molecule has 1 aromatic heterocycles. The lowest BCUT2D eigenvalue weighted by Gasteiger charge is -2.19. The molecule has 10 heteroatoms. The second-order valence-corrected chi connectivity index (χ2v) is 6.48. The Labute approximate surface area is 172 Å². The van der Waals surface area contributed by atoms with Gasteiger partial charge in [0.15, 0.2) is 11.5 Å². The molecule has 2 heterocycles. The standard InChI is InChI=1S/C20H21N5O5/c1-12(26)25-17(11-24-15-8-6-5-7-14(15)21-23-24)30-20(22-25)13-9-10-16(27-2)19(29-4)18(13)28-3/h5-10,17H,11H2,1-4H3/t17-/m0/s1. The molecule has 2 aromatic carbocycles. The molecule has 156 valence electrons. The Kier molecular flexibility index (Phi) is 5.13. The molecule has 0 aliphatic carbocycles. The van der Waals surface area contributed by atoms with Gasteiger partial charge < -0.3 is 18.9 Å². The molecule has 10 nitrogen and oxygen atoms in total. The van der Waals surface area contributed by atoms with Crippen LogP contribution in [0.1, 0.15) is 12.5 Å². The average molecular weight is 411 g/mol. The number of hydrazone groups is 1. The Morgan fingerprint density at radius 3 is 2.53 bits per heavy atom. The first-order valence-corrected chi connectivity index (χ1v) is 9.20. The first kappa shape index (κ1) is 19.5. The number of amides is 1. The molecule has 30 heavy (non-hydrogen) atoms. The molecule has 1 amide bonds. The number of ether oxygens (including phenoxy) is 4. The number of aromatic nitrogens is 3. The topological polar surface area (TPSA) is 100 Å². The van der Waals surface area contributed by atoms with E-state index in [-0.39, 0.29) is 18.3 Å². The zero-order valence-corrected chi connectivity index (χ0v) is 17.0. The van der Waals surface area contributed by atoms with Crippen LogP contribution in [0.2, 0.25) is 0 Å². The van der Waals surface area contributed by atoms with Gasteiger partial charge in [0.1, 0.15) is 12.1 Å². The number of carbonyl (C=O) groups excluding carboxylic acids is 1. The Morgan fingerprint density at radius 2 is 1.83 bits per heavy atom. The lowest BCUT2D eigenvalue weighted by atomic mass is 10.1. The van der Waals surface area contributed by atoms with Crippen molar-refractivity contribution < 1.29 is 23.7 Å². The van der Waals surface area contributed by atoms with E-state index in [4.69, 9.17) is 18.9 Å². The highest BCUT2D eigenvalue weighted by molar-refractivity contribution is 6.00. The van der Waals surface area contributed by atoms with E-state index in [0.29, 0.717) is 22.8 Å². The molecule has 0 radical (unpaired) electrons. The quantitative estimate of drug-likeness (QED) is 0.612. The van der Waals surface area contributed by atoms with Crippen molar-refractivity contribution in [3.8, 4) is 17.2 Å². The number of fused-ring (bicyclic) bond motifs is 1. The fourth-order valence-corrected chi connectivity index (χ4v) is 3.34. The molecule has 0 unspecified atom stereocenters. The summed E-state index contributed by atoms with van der Waals surface area (Å²) < 4.78 is 24.0. The molecule has 4 rings (SSSR count). The highest BCUT2D eigenvalue weighted by atomic mass is 16.5. The summed E-state index contributed by atoms with van der Waals surface area (Å²) in [6.07, 6.45) is -0.694. The summed E-state index contributed by atoms with van der Waals surface area (Å²) >= 11 is 0. The van der Waals surface area contributed by atoms with Crippen molar-refractivity contribution >= 4 is 22.8 Å².